The van der Waals surface area contributed by atoms with Crippen molar-refractivity contribution >= 4 is 40.5 Å². The van der Waals surface area contributed by atoms with E-state index in [-0.39, 0.29) is 11.8 Å². The van der Waals surface area contributed by atoms with E-state index in [1.54, 1.807) is 17.0 Å². The summed E-state index contributed by atoms with van der Waals surface area (Å²) in [4.78, 5) is 28.9. The van der Waals surface area contributed by atoms with E-state index in [2.05, 4.69) is 10.2 Å². The van der Waals surface area contributed by atoms with Crippen LogP contribution in [0, 0.1) is 0 Å². The van der Waals surface area contributed by atoms with Gasteiger partial charge in [0, 0.05) is 37.3 Å². The third-order valence-electron chi connectivity index (χ3n) is 5.33. The Bertz CT molecular complexity index is 895. The van der Waals surface area contributed by atoms with E-state index in [1.165, 1.54) is 0 Å². The third kappa shape index (κ3) is 4.38. The lowest BCUT2D eigenvalue weighted by Gasteiger charge is -2.31. The first-order valence-corrected chi connectivity index (χ1v) is 10.3. The number of hydrogen-bond donors (Lipinski definition) is 1. The molecule has 2 aromatic rings. The largest absolute Gasteiger partial charge is 0.378 e. The Morgan fingerprint density at radius 2 is 1.76 bits per heavy atom. The summed E-state index contributed by atoms with van der Waals surface area (Å²) in [6, 6.07) is 12.7. The van der Waals surface area contributed by atoms with Crippen LogP contribution in [0.1, 0.15) is 29.6 Å². The number of carbonyl (C=O) groups is 2. The molecule has 0 aromatic heterocycles. The predicted molar refractivity (Wildman–Crippen MR) is 115 cm³/mol. The molecular formula is C22H24ClN3O3. The van der Waals surface area contributed by atoms with E-state index < -0.39 is 0 Å². The highest BCUT2D eigenvalue weighted by Gasteiger charge is 2.21. The number of nitrogens with zero attached hydrogens (tertiary/aromatic N) is 2. The molecule has 2 fully saturated rings. The molecule has 2 heterocycles. The fourth-order valence-corrected chi connectivity index (χ4v) is 4.08. The number of ether oxygens (including phenoxy) is 1. The molecule has 0 aliphatic carbocycles. The topological polar surface area (TPSA) is 61.9 Å². The number of rotatable bonds is 4. The van der Waals surface area contributed by atoms with Gasteiger partial charge in [0.2, 0.25) is 5.91 Å². The zero-order valence-electron chi connectivity index (χ0n) is 16.2. The van der Waals surface area contributed by atoms with Crippen molar-refractivity contribution in [3.63, 3.8) is 0 Å². The van der Waals surface area contributed by atoms with Crippen molar-refractivity contribution in [2.45, 2.75) is 19.3 Å². The predicted octanol–water partition coefficient (Wildman–Crippen LogP) is 3.95. The molecule has 0 bridgehead atoms. The highest BCUT2D eigenvalue weighted by atomic mass is 35.5. The molecule has 2 aromatic carbocycles. The fourth-order valence-electron chi connectivity index (χ4n) is 3.79. The maximum atomic E-state index is 12.8. The Morgan fingerprint density at radius 3 is 2.48 bits per heavy atom. The highest BCUT2D eigenvalue weighted by Crippen LogP contribution is 2.34. The first kappa shape index (κ1) is 19.7. The number of para-hydroxylation sites is 1. The second-order valence-corrected chi connectivity index (χ2v) is 7.65. The second-order valence-electron chi connectivity index (χ2n) is 7.24. The van der Waals surface area contributed by atoms with Crippen LogP contribution in [0.15, 0.2) is 42.5 Å². The van der Waals surface area contributed by atoms with Gasteiger partial charge in [0.05, 0.1) is 29.6 Å². The Kier molecular flexibility index (Phi) is 6.02. The van der Waals surface area contributed by atoms with Crippen molar-refractivity contribution in [1.29, 1.82) is 0 Å². The van der Waals surface area contributed by atoms with Crippen LogP contribution in [0.4, 0.5) is 17.1 Å². The SMILES string of the molecule is O=C(Nc1cccc(Cl)c1N1CCOCC1)c1ccc(N2CCCCC2=O)cc1. The van der Waals surface area contributed by atoms with Gasteiger partial charge in [-0.15, -0.1) is 0 Å². The summed E-state index contributed by atoms with van der Waals surface area (Å²) in [6.45, 7) is 3.46. The average Bonchev–Trinajstić information content (AvgIpc) is 2.75. The second kappa shape index (κ2) is 8.84. The van der Waals surface area contributed by atoms with Crippen molar-refractivity contribution in [2.75, 3.05) is 48.0 Å². The van der Waals surface area contributed by atoms with Crippen LogP contribution in [0.2, 0.25) is 5.02 Å². The lowest BCUT2D eigenvalue weighted by atomic mass is 10.1. The van der Waals surface area contributed by atoms with Crippen LogP contribution in [-0.2, 0) is 9.53 Å². The van der Waals surface area contributed by atoms with Gasteiger partial charge in [-0.2, -0.15) is 0 Å². The van der Waals surface area contributed by atoms with Crippen molar-refractivity contribution in [2.24, 2.45) is 0 Å². The van der Waals surface area contributed by atoms with Crippen LogP contribution in [0.25, 0.3) is 0 Å². The van der Waals surface area contributed by atoms with Crippen LogP contribution < -0.4 is 15.1 Å². The highest BCUT2D eigenvalue weighted by molar-refractivity contribution is 6.34. The molecule has 0 spiro atoms. The minimum absolute atomic E-state index is 0.141. The summed E-state index contributed by atoms with van der Waals surface area (Å²) in [5, 5.41) is 3.59. The van der Waals surface area contributed by atoms with Crippen LogP contribution in [0.5, 0.6) is 0 Å². The lowest BCUT2D eigenvalue weighted by Crippen LogP contribution is -2.37. The standard InChI is InChI=1S/C22H24ClN3O3/c23-18-4-3-5-19(21(18)25-12-14-29-15-13-25)24-22(28)16-7-9-17(10-8-16)26-11-2-1-6-20(26)27/h3-5,7-10H,1-2,6,11-15H2,(H,24,28). The molecule has 1 N–H and O–H groups in total. The van der Waals surface area contributed by atoms with E-state index in [0.29, 0.717) is 35.9 Å². The summed E-state index contributed by atoms with van der Waals surface area (Å²) < 4.78 is 5.42. The zero-order chi connectivity index (χ0) is 20.2. The van der Waals surface area contributed by atoms with Crippen LogP contribution in [0.3, 0.4) is 0 Å². The lowest BCUT2D eigenvalue weighted by molar-refractivity contribution is -0.119. The Morgan fingerprint density at radius 1 is 1.00 bits per heavy atom. The Labute approximate surface area is 175 Å². The molecule has 0 unspecified atom stereocenters. The summed E-state index contributed by atoms with van der Waals surface area (Å²) >= 11 is 6.44. The third-order valence-corrected chi connectivity index (χ3v) is 5.63. The van der Waals surface area contributed by atoms with Gasteiger partial charge in [-0.1, -0.05) is 17.7 Å². The molecule has 6 nitrogen and oxygen atoms in total. The average molecular weight is 414 g/mol. The summed E-state index contributed by atoms with van der Waals surface area (Å²) in [7, 11) is 0. The minimum Gasteiger partial charge on any atom is -0.378 e. The molecule has 0 saturated carbocycles. The fraction of sp³-hybridized carbons (Fsp3) is 0.364. The Hall–Kier alpha value is -2.57. The van der Waals surface area contributed by atoms with Crippen LogP contribution in [-0.4, -0.2) is 44.7 Å². The number of amides is 2. The number of morpholine rings is 1. The molecule has 0 radical (unpaired) electrons. The minimum atomic E-state index is -0.210. The van der Waals surface area contributed by atoms with Gasteiger partial charge in [0.15, 0.2) is 0 Å². The number of anilines is 3. The van der Waals surface area contributed by atoms with E-state index in [0.717, 1.165) is 43.9 Å². The number of piperidine rings is 1. The van der Waals surface area contributed by atoms with Crippen LogP contribution >= 0.6 is 11.6 Å². The quantitative estimate of drug-likeness (QED) is 0.824. The van der Waals surface area contributed by atoms with E-state index in [4.69, 9.17) is 16.3 Å². The molecular weight excluding hydrogens is 390 g/mol. The van der Waals surface area contributed by atoms with E-state index in [9.17, 15) is 9.59 Å². The molecule has 2 amide bonds. The van der Waals surface area contributed by atoms with Crippen molar-refractivity contribution in [1.82, 2.24) is 0 Å². The number of benzene rings is 2. The molecule has 2 aliphatic rings. The number of carbonyl (C=O) groups excluding carboxylic acids is 2. The van der Waals surface area contributed by atoms with Gasteiger partial charge in [-0.25, -0.2) is 0 Å². The van der Waals surface area contributed by atoms with E-state index >= 15 is 0 Å². The summed E-state index contributed by atoms with van der Waals surface area (Å²) in [6.07, 6.45) is 2.54. The molecule has 7 heteroatoms. The van der Waals surface area contributed by atoms with Gasteiger partial charge in [0.25, 0.3) is 5.91 Å². The first-order valence-electron chi connectivity index (χ1n) is 9.96. The number of halogens is 1. The normalized spacial score (nSPS) is 17.3. The number of hydrogen-bond acceptors (Lipinski definition) is 4. The zero-order valence-corrected chi connectivity index (χ0v) is 17.0. The smallest absolute Gasteiger partial charge is 0.255 e. The Balaban J connectivity index is 1.51. The van der Waals surface area contributed by atoms with Crippen molar-refractivity contribution in [3.05, 3.63) is 53.1 Å². The van der Waals surface area contributed by atoms with Gasteiger partial charge < -0.3 is 19.9 Å². The maximum absolute atomic E-state index is 12.8. The van der Waals surface area contributed by atoms with Gasteiger partial charge >= 0.3 is 0 Å². The molecule has 0 atom stereocenters. The summed E-state index contributed by atoms with van der Waals surface area (Å²) in [5.41, 5.74) is 2.87. The maximum Gasteiger partial charge on any atom is 0.255 e. The molecule has 152 valence electrons. The van der Waals surface area contributed by atoms with Crippen molar-refractivity contribution < 1.29 is 14.3 Å². The van der Waals surface area contributed by atoms with Gasteiger partial charge in [0.1, 0.15) is 0 Å². The van der Waals surface area contributed by atoms with Gasteiger partial charge in [-0.05, 0) is 49.2 Å². The molecule has 2 saturated heterocycles. The monoisotopic (exact) mass is 413 g/mol. The molecule has 4 rings (SSSR count). The first-order chi connectivity index (χ1) is 14.1. The number of nitrogens with one attached hydrogen (secondary N) is 1. The van der Waals surface area contributed by atoms with Gasteiger partial charge in [-0.3, -0.25) is 9.59 Å². The van der Waals surface area contributed by atoms with Crippen molar-refractivity contribution in [3.8, 4) is 0 Å². The molecule has 29 heavy (non-hydrogen) atoms. The summed E-state index contributed by atoms with van der Waals surface area (Å²) in [5.74, 6) is -0.0687. The molecule has 2 aliphatic heterocycles. The van der Waals surface area contributed by atoms with E-state index in [1.807, 2.05) is 30.3 Å².